The van der Waals surface area contributed by atoms with Crippen molar-refractivity contribution in [2.24, 2.45) is 0 Å². The first-order valence-corrected chi connectivity index (χ1v) is 11.6. The number of para-hydroxylation sites is 1. The Labute approximate surface area is 180 Å². The maximum absolute atomic E-state index is 14.1. The fourth-order valence-electron chi connectivity index (χ4n) is 4.34. The molecule has 2 fully saturated rings. The summed E-state index contributed by atoms with van der Waals surface area (Å²) < 4.78 is 15.3. The van der Waals surface area contributed by atoms with Crippen LogP contribution in [0.4, 0.5) is 4.39 Å². The molecule has 6 heteroatoms. The van der Waals surface area contributed by atoms with Gasteiger partial charge in [0, 0.05) is 37.2 Å². The zero-order valence-electron chi connectivity index (χ0n) is 17.0. The fourth-order valence-corrected chi connectivity index (χ4v) is 5.44. The number of fused-ring (bicyclic) bond motifs is 1. The Balaban J connectivity index is 1.26. The predicted molar refractivity (Wildman–Crippen MR) is 118 cm³/mol. The molecule has 2 aromatic carbocycles. The number of halogens is 1. The van der Waals surface area contributed by atoms with Crippen molar-refractivity contribution in [3.63, 3.8) is 0 Å². The topological polar surface area (TPSA) is 36.4 Å². The lowest BCUT2D eigenvalue weighted by Crippen LogP contribution is -2.45. The third kappa shape index (κ3) is 4.25. The number of amides is 1. The van der Waals surface area contributed by atoms with Crippen LogP contribution >= 0.6 is 11.3 Å². The molecule has 1 saturated heterocycles. The Morgan fingerprint density at radius 1 is 1.13 bits per heavy atom. The minimum atomic E-state index is -0.190. The molecule has 1 aliphatic carbocycles. The first-order valence-electron chi connectivity index (χ1n) is 10.8. The monoisotopic (exact) mass is 423 g/mol. The highest BCUT2D eigenvalue weighted by Gasteiger charge is 2.33. The van der Waals surface area contributed by atoms with Crippen molar-refractivity contribution in [1.29, 1.82) is 0 Å². The van der Waals surface area contributed by atoms with Crippen LogP contribution in [-0.4, -0.2) is 46.4 Å². The van der Waals surface area contributed by atoms with Crippen LogP contribution in [0, 0.1) is 5.82 Å². The molecule has 30 heavy (non-hydrogen) atoms. The SMILES string of the molecule is O=C(CN(Cc1ccccc1F)C1CC1)N1CCC[C@@H](c2nc3ccccc3s2)C1. The minimum Gasteiger partial charge on any atom is -0.341 e. The van der Waals surface area contributed by atoms with Gasteiger partial charge in [-0.25, -0.2) is 9.37 Å². The lowest BCUT2D eigenvalue weighted by molar-refractivity contribution is -0.134. The van der Waals surface area contributed by atoms with Crippen LogP contribution < -0.4 is 0 Å². The van der Waals surface area contributed by atoms with E-state index in [0.29, 0.717) is 30.6 Å². The number of carbonyl (C=O) groups is 1. The second-order valence-corrected chi connectivity index (χ2v) is 9.49. The van der Waals surface area contributed by atoms with Crippen molar-refractivity contribution in [3.8, 4) is 0 Å². The van der Waals surface area contributed by atoms with E-state index in [0.717, 1.165) is 49.3 Å². The molecule has 0 bridgehead atoms. The number of hydrogen-bond donors (Lipinski definition) is 0. The van der Waals surface area contributed by atoms with E-state index in [1.807, 2.05) is 29.2 Å². The summed E-state index contributed by atoms with van der Waals surface area (Å²) in [6.07, 6.45) is 4.26. The second-order valence-electron chi connectivity index (χ2n) is 8.43. The van der Waals surface area contributed by atoms with Crippen molar-refractivity contribution in [3.05, 3.63) is 64.9 Å². The molecule has 1 aliphatic heterocycles. The summed E-state index contributed by atoms with van der Waals surface area (Å²) >= 11 is 1.75. The summed E-state index contributed by atoms with van der Waals surface area (Å²) in [5.74, 6) is 0.273. The largest absolute Gasteiger partial charge is 0.341 e. The highest BCUT2D eigenvalue weighted by molar-refractivity contribution is 7.18. The third-order valence-corrected chi connectivity index (χ3v) is 7.37. The van der Waals surface area contributed by atoms with E-state index in [1.165, 1.54) is 10.8 Å². The van der Waals surface area contributed by atoms with Crippen molar-refractivity contribution >= 4 is 27.5 Å². The maximum Gasteiger partial charge on any atom is 0.236 e. The van der Waals surface area contributed by atoms with Gasteiger partial charge in [0.1, 0.15) is 5.82 Å². The molecule has 0 unspecified atom stereocenters. The van der Waals surface area contributed by atoms with E-state index < -0.39 is 0 Å². The maximum atomic E-state index is 14.1. The standard InChI is InChI=1S/C24H26FN3OS/c25-20-8-2-1-6-17(20)14-28(19-11-12-19)16-23(29)27-13-5-7-18(15-27)24-26-21-9-3-4-10-22(21)30-24/h1-4,6,8-10,18-19H,5,7,11-16H2/t18-/m1/s1. The molecule has 1 aromatic heterocycles. The molecule has 1 atom stereocenters. The molecule has 156 valence electrons. The molecular weight excluding hydrogens is 397 g/mol. The zero-order valence-corrected chi connectivity index (χ0v) is 17.8. The summed E-state index contributed by atoms with van der Waals surface area (Å²) in [5.41, 5.74) is 1.72. The van der Waals surface area contributed by atoms with Gasteiger partial charge >= 0.3 is 0 Å². The van der Waals surface area contributed by atoms with Gasteiger partial charge in [0.05, 0.1) is 21.8 Å². The molecule has 0 radical (unpaired) electrons. The number of nitrogens with zero attached hydrogens (tertiary/aromatic N) is 3. The Bertz CT molecular complexity index is 1010. The summed E-state index contributed by atoms with van der Waals surface area (Å²) in [7, 11) is 0. The van der Waals surface area contributed by atoms with Crippen LogP contribution in [0.3, 0.4) is 0 Å². The Hall–Kier alpha value is -2.31. The molecule has 3 aromatic rings. The van der Waals surface area contributed by atoms with E-state index in [2.05, 4.69) is 17.0 Å². The summed E-state index contributed by atoms with van der Waals surface area (Å²) in [5, 5.41) is 1.14. The molecule has 4 nitrogen and oxygen atoms in total. The Morgan fingerprint density at radius 2 is 1.93 bits per heavy atom. The van der Waals surface area contributed by atoms with Gasteiger partial charge in [-0.1, -0.05) is 30.3 Å². The van der Waals surface area contributed by atoms with Gasteiger partial charge in [0.25, 0.3) is 0 Å². The molecule has 2 aliphatic rings. The lowest BCUT2D eigenvalue weighted by Gasteiger charge is -2.33. The van der Waals surface area contributed by atoms with Crippen LogP contribution in [0.25, 0.3) is 10.2 Å². The summed E-state index contributed by atoms with van der Waals surface area (Å²) in [6, 6.07) is 15.5. The van der Waals surface area contributed by atoms with Gasteiger partial charge in [0.15, 0.2) is 0 Å². The average Bonchev–Trinajstić information content (AvgIpc) is 3.53. The van der Waals surface area contributed by atoms with E-state index in [4.69, 9.17) is 4.98 Å². The molecule has 1 saturated carbocycles. The van der Waals surface area contributed by atoms with Gasteiger partial charge in [-0.05, 0) is 43.9 Å². The van der Waals surface area contributed by atoms with Gasteiger partial charge in [-0.3, -0.25) is 9.69 Å². The molecular formula is C24H26FN3OS. The van der Waals surface area contributed by atoms with Gasteiger partial charge in [-0.15, -0.1) is 11.3 Å². The highest BCUT2D eigenvalue weighted by atomic mass is 32.1. The first-order chi connectivity index (χ1) is 14.7. The minimum absolute atomic E-state index is 0.157. The van der Waals surface area contributed by atoms with E-state index in [9.17, 15) is 9.18 Å². The average molecular weight is 424 g/mol. The number of rotatable bonds is 6. The second kappa shape index (κ2) is 8.44. The molecule has 1 amide bonds. The highest BCUT2D eigenvalue weighted by Crippen LogP contribution is 2.33. The molecule has 0 spiro atoms. The zero-order chi connectivity index (χ0) is 20.5. The van der Waals surface area contributed by atoms with Gasteiger partial charge in [-0.2, -0.15) is 0 Å². The van der Waals surface area contributed by atoms with Crippen LogP contribution in [0.1, 0.15) is 42.2 Å². The molecule has 2 heterocycles. The number of likely N-dealkylation sites (tertiary alicyclic amines) is 1. The van der Waals surface area contributed by atoms with E-state index >= 15 is 0 Å². The first kappa shape index (κ1) is 19.6. The smallest absolute Gasteiger partial charge is 0.236 e. The summed E-state index contributed by atoms with van der Waals surface area (Å²) in [6.45, 7) is 2.40. The van der Waals surface area contributed by atoms with Crippen molar-refractivity contribution < 1.29 is 9.18 Å². The van der Waals surface area contributed by atoms with E-state index in [-0.39, 0.29) is 11.7 Å². The van der Waals surface area contributed by atoms with Crippen molar-refractivity contribution in [1.82, 2.24) is 14.8 Å². The van der Waals surface area contributed by atoms with Crippen LogP contribution in [0.15, 0.2) is 48.5 Å². The number of piperidine rings is 1. The van der Waals surface area contributed by atoms with Gasteiger partial charge in [0.2, 0.25) is 5.91 Å². The number of carbonyl (C=O) groups excluding carboxylic acids is 1. The molecule has 5 rings (SSSR count). The lowest BCUT2D eigenvalue weighted by atomic mass is 9.98. The van der Waals surface area contributed by atoms with Crippen LogP contribution in [0.5, 0.6) is 0 Å². The predicted octanol–water partition coefficient (Wildman–Crippen LogP) is 4.81. The number of aromatic nitrogens is 1. The number of benzene rings is 2. The number of hydrogen-bond acceptors (Lipinski definition) is 4. The summed E-state index contributed by atoms with van der Waals surface area (Å²) in [4.78, 5) is 22.1. The fraction of sp³-hybridized carbons (Fsp3) is 0.417. The quantitative estimate of drug-likeness (QED) is 0.571. The van der Waals surface area contributed by atoms with Crippen LogP contribution in [0.2, 0.25) is 0 Å². The third-order valence-electron chi connectivity index (χ3n) is 6.17. The number of thiazole rings is 1. The Morgan fingerprint density at radius 3 is 2.73 bits per heavy atom. The van der Waals surface area contributed by atoms with Crippen molar-refractivity contribution in [2.75, 3.05) is 19.6 Å². The molecule has 0 N–H and O–H groups in total. The van der Waals surface area contributed by atoms with Gasteiger partial charge < -0.3 is 4.90 Å². The van der Waals surface area contributed by atoms with Crippen molar-refractivity contribution in [2.45, 2.75) is 44.2 Å². The van der Waals surface area contributed by atoms with E-state index in [1.54, 1.807) is 17.4 Å². The normalized spacial score (nSPS) is 19.5. The van der Waals surface area contributed by atoms with Crippen LogP contribution in [-0.2, 0) is 11.3 Å². The Kier molecular flexibility index (Phi) is 5.52.